The molecule has 3 aromatic rings. The van der Waals surface area contributed by atoms with Crippen LogP contribution in [0.3, 0.4) is 0 Å². The first-order valence-corrected chi connectivity index (χ1v) is 10.9. The van der Waals surface area contributed by atoms with Gasteiger partial charge in [-0.25, -0.2) is 4.39 Å². The molecule has 3 nitrogen and oxygen atoms in total. The smallest absolute Gasteiger partial charge is 0.162 e. The van der Waals surface area contributed by atoms with Crippen molar-refractivity contribution in [3.8, 4) is 11.5 Å². The number of aryl methyl sites for hydroxylation is 1. The van der Waals surface area contributed by atoms with Crippen LogP contribution in [0.2, 0.25) is 0 Å². The molecule has 30 heavy (non-hydrogen) atoms. The van der Waals surface area contributed by atoms with Gasteiger partial charge in [0, 0.05) is 11.0 Å². The standard InChI is InChI=1S/C25H27BrFNO2/c1-3-29-24-14-21(16-28-12-11-19-7-9-22(27)10-8-19)23(26)15-25(24)30-17-20-6-4-5-18(2)13-20/h4-10,13-15,28H,3,11-12,16-17H2,1-2H3. The van der Waals surface area contributed by atoms with Gasteiger partial charge in [0.05, 0.1) is 6.61 Å². The molecule has 0 heterocycles. The monoisotopic (exact) mass is 471 g/mol. The summed E-state index contributed by atoms with van der Waals surface area (Å²) in [4.78, 5) is 0. The highest BCUT2D eigenvalue weighted by Gasteiger charge is 2.11. The zero-order valence-corrected chi connectivity index (χ0v) is 19.0. The van der Waals surface area contributed by atoms with E-state index in [2.05, 4.69) is 46.4 Å². The van der Waals surface area contributed by atoms with Gasteiger partial charge >= 0.3 is 0 Å². The van der Waals surface area contributed by atoms with Gasteiger partial charge in [0.15, 0.2) is 11.5 Å². The van der Waals surface area contributed by atoms with Gasteiger partial charge in [0.2, 0.25) is 0 Å². The summed E-state index contributed by atoms with van der Waals surface area (Å²) < 4.78 is 25.8. The Balaban J connectivity index is 1.60. The number of nitrogens with one attached hydrogen (secondary N) is 1. The van der Waals surface area contributed by atoms with Gasteiger partial charge in [-0.1, -0.05) is 57.9 Å². The summed E-state index contributed by atoms with van der Waals surface area (Å²) >= 11 is 3.66. The van der Waals surface area contributed by atoms with Crippen LogP contribution in [0.4, 0.5) is 4.39 Å². The zero-order chi connectivity index (χ0) is 21.3. The van der Waals surface area contributed by atoms with E-state index in [4.69, 9.17) is 9.47 Å². The molecule has 0 aliphatic rings. The van der Waals surface area contributed by atoms with E-state index in [1.807, 2.05) is 37.3 Å². The molecule has 0 saturated heterocycles. The molecule has 0 aliphatic heterocycles. The predicted molar refractivity (Wildman–Crippen MR) is 123 cm³/mol. The van der Waals surface area contributed by atoms with Crippen LogP contribution in [0.1, 0.15) is 29.2 Å². The fraction of sp³-hybridized carbons (Fsp3) is 0.280. The molecule has 3 aromatic carbocycles. The van der Waals surface area contributed by atoms with Gasteiger partial charge in [-0.05, 0) is 67.8 Å². The lowest BCUT2D eigenvalue weighted by Crippen LogP contribution is -2.17. The van der Waals surface area contributed by atoms with E-state index in [1.165, 1.54) is 17.7 Å². The van der Waals surface area contributed by atoms with Crippen molar-refractivity contribution in [1.82, 2.24) is 5.32 Å². The molecule has 5 heteroatoms. The van der Waals surface area contributed by atoms with Crippen LogP contribution in [0, 0.1) is 12.7 Å². The molecule has 0 fully saturated rings. The lowest BCUT2D eigenvalue weighted by molar-refractivity contribution is 0.269. The fourth-order valence-electron chi connectivity index (χ4n) is 3.16. The highest BCUT2D eigenvalue weighted by molar-refractivity contribution is 9.10. The second kappa shape index (κ2) is 11.1. The van der Waals surface area contributed by atoms with Crippen LogP contribution >= 0.6 is 15.9 Å². The summed E-state index contributed by atoms with van der Waals surface area (Å²) in [6, 6.07) is 18.9. The Bertz CT molecular complexity index is 960. The molecule has 0 aliphatic carbocycles. The summed E-state index contributed by atoms with van der Waals surface area (Å²) in [5.74, 6) is 1.26. The van der Waals surface area contributed by atoms with Gasteiger partial charge in [0.1, 0.15) is 12.4 Å². The predicted octanol–water partition coefficient (Wildman–Crippen LogP) is 6.21. The Kier molecular flexibility index (Phi) is 8.29. The van der Waals surface area contributed by atoms with Crippen molar-refractivity contribution < 1.29 is 13.9 Å². The third kappa shape index (κ3) is 6.57. The normalized spacial score (nSPS) is 10.8. The molecule has 0 unspecified atom stereocenters. The second-order valence-electron chi connectivity index (χ2n) is 7.15. The summed E-state index contributed by atoms with van der Waals surface area (Å²) in [5.41, 5.74) is 4.54. The number of ether oxygens (including phenoxy) is 2. The zero-order valence-electron chi connectivity index (χ0n) is 17.4. The lowest BCUT2D eigenvalue weighted by atomic mass is 10.1. The van der Waals surface area contributed by atoms with Crippen molar-refractivity contribution in [2.24, 2.45) is 0 Å². The van der Waals surface area contributed by atoms with Crippen LogP contribution in [0.15, 0.2) is 65.1 Å². The first-order chi connectivity index (χ1) is 14.5. The number of hydrogen-bond donors (Lipinski definition) is 1. The van der Waals surface area contributed by atoms with Gasteiger partial charge in [0.25, 0.3) is 0 Å². The summed E-state index contributed by atoms with van der Waals surface area (Å²) in [6.45, 7) is 6.59. The number of hydrogen-bond acceptors (Lipinski definition) is 3. The third-order valence-corrected chi connectivity index (χ3v) is 5.45. The van der Waals surface area contributed by atoms with Crippen molar-refractivity contribution in [2.45, 2.75) is 33.4 Å². The van der Waals surface area contributed by atoms with E-state index in [1.54, 1.807) is 0 Å². The quantitative estimate of drug-likeness (QED) is 0.356. The number of halogens is 2. The second-order valence-corrected chi connectivity index (χ2v) is 8.01. The molecule has 0 saturated carbocycles. The molecular formula is C25H27BrFNO2. The van der Waals surface area contributed by atoms with Gasteiger partial charge in [-0.3, -0.25) is 0 Å². The van der Waals surface area contributed by atoms with Crippen LogP contribution in [0.25, 0.3) is 0 Å². The van der Waals surface area contributed by atoms with Crippen molar-refractivity contribution in [1.29, 1.82) is 0 Å². The molecule has 0 bridgehead atoms. The molecule has 1 N–H and O–H groups in total. The molecular weight excluding hydrogens is 445 g/mol. The number of benzene rings is 3. The summed E-state index contributed by atoms with van der Waals surface area (Å²) in [6.07, 6.45) is 0.841. The van der Waals surface area contributed by atoms with E-state index in [0.29, 0.717) is 19.8 Å². The average Bonchev–Trinajstić information content (AvgIpc) is 2.73. The van der Waals surface area contributed by atoms with Gasteiger partial charge < -0.3 is 14.8 Å². The van der Waals surface area contributed by atoms with Crippen molar-refractivity contribution in [3.05, 3.63) is 93.2 Å². The minimum atomic E-state index is -0.205. The maximum Gasteiger partial charge on any atom is 0.162 e. The topological polar surface area (TPSA) is 30.5 Å². The largest absolute Gasteiger partial charge is 0.490 e. The molecule has 0 spiro atoms. The molecule has 0 atom stereocenters. The Hall–Kier alpha value is -2.37. The van der Waals surface area contributed by atoms with Crippen LogP contribution in [-0.2, 0) is 19.6 Å². The maximum atomic E-state index is 13.0. The average molecular weight is 472 g/mol. The van der Waals surface area contributed by atoms with E-state index in [9.17, 15) is 4.39 Å². The molecule has 3 rings (SSSR count). The Morgan fingerprint density at radius 2 is 1.70 bits per heavy atom. The Labute approximate surface area is 186 Å². The first kappa shape index (κ1) is 22.3. The third-order valence-electron chi connectivity index (χ3n) is 4.71. The fourth-order valence-corrected chi connectivity index (χ4v) is 3.63. The first-order valence-electron chi connectivity index (χ1n) is 10.1. The minimum Gasteiger partial charge on any atom is -0.490 e. The summed E-state index contributed by atoms with van der Waals surface area (Å²) in [7, 11) is 0. The van der Waals surface area contributed by atoms with Crippen LogP contribution < -0.4 is 14.8 Å². The van der Waals surface area contributed by atoms with Crippen LogP contribution in [0.5, 0.6) is 11.5 Å². The van der Waals surface area contributed by atoms with E-state index in [-0.39, 0.29) is 5.82 Å². The van der Waals surface area contributed by atoms with E-state index < -0.39 is 0 Å². The van der Waals surface area contributed by atoms with Crippen LogP contribution in [-0.4, -0.2) is 13.2 Å². The highest BCUT2D eigenvalue weighted by atomic mass is 79.9. The van der Waals surface area contributed by atoms with Crippen molar-refractivity contribution in [3.63, 3.8) is 0 Å². The molecule has 0 aromatic heterocycles. The highest BCUT2D eigenvalue weighted by Crippen LogP contribution is 2.34. The summed E-state index contributed by atoms with van der Waals surface area (Å²) in [5, 5.41) is 3.44. The van der Waals surface area contributed by atoms with Crippen molar-refractivity contribution in [2.75, 3.05) is 13.2 Å². The Morgan fingerprint density at radius 1 is 0.933 bits per heavy atom. The number of rotatable bonds is 10. The van der Waals surface area contributed by atoms with E-state index >= 15 is 0 Å². The maximum absolute atomic E-state index is 13.0. The van der Waals surface area contributed by atoms with Crippen molar-refractivity contribution >= 4 is 15.9 Å². The Morgan fingerprint density at radius 3 is 2.43 bits per heavy atom. The lowest BCUT2D eigenvalue weighted by Gasteiger charge is -2.16. The molecule has 0 radical (unpaired) electrons. The molecule has 158 valence electrons. The van der Waals surface area contributed by atoms with Gasteiger partial charge in [-0.2, -0.15) is 0 Å². The SMILES string of the molecule is CCOc1cc(CNCCc2ccc(F)cc2)c(Br)cc1OCc1cccc(C)c1. The minimum absolute atomic E-state index is 0.205. The van der Waals surface area contributed by atoms with Gasteiger partial charge in [-0.15, -0.1) is 0 Å². The van der Waals surface area contributed by atoms with E-state index in [0.717, 1.165) is 45.6 Å². The molecule has 0 amide bonds.